The highest BCUT2D eigenvalue weighted by Crippen LogP contribution is 2.32. The van der Waals surface area contributed by atoms with Crippen molar-refractivity contribution in [2.75, 3.05) is 40.0 Å². The van der Waals surface area contributed by atoms with Crippen molar-refractivity contribution in [3.63, 3.8) is 0 Å². The van der Waals surface area contributed by atoms with E-state index in [0.717, 1.165) is 38.5 Å². The topological polar surface area (TPSA) is 32.7 Å². The molecule has 3 nitrogen and oxygen atoms in total. The van der Waals surface area contributed by atoms with Crippen LogP contribution in [0.2, 0.25) is 0 Å². The molecule has 2 aliphatic rings. The third kappa shape index (κ3) is 2.96. The fraction of sp³-hybridized carbons (Fsp3) is 1.00. The van der Waals surface area contributed by atoms with Crippen LogP contribution >= 0.6 is 0 Å². The van der Waals surface area contributed by atoms with Crippen LogP contribution in [0.15, 0.2) is 0 Å². The van der Waals surface area contributed by atoms with Gasteiger partial charge in [-0.2, -0.15) is 0 Å². The summed E-state index contributed by atoms with van der Waals surface area (Å²) in [4.78, 5) is 2.42. The predicted octanol–water partition coefficient (Wildman–Crippen LogP) is 1.51. The molecule has 0 aromatic heterocycles. The fourth-order valence-corrected chi connectivity index (χ4v) is 2.92. The van der Waals surface area contributed by atoms with Crippen molar-refractivity contribution in [1.29, 1.82) is 0 Å². The van der Waals surface area contributed by atoms with E-state index in [1.165, 1.54) is 25.8 Å². The minimum atomic E-state index is 0.108. The smallest absolute Gasteiger partial charge is 0.0501 e. The van der Waals surface area contributed by atoms with Gasteiger partial charge in [0.2, 0.25) is 0 Å². The van der Waals surface area contributed by atoms with Gasteiger partial charge in [-0.25, -0.2) is 0 Å². The SMILES string of the molecule is CN(CC1CCC1)CC1(CO)CCOCC1. The predicted molar refractivity (Wildman–Crippen MR) is 64.4 cm³/mol. The average molecular weight is 227 g/mol. The highest BCUT2D eigenvalue weighted by molar-refractivity contribution is 4.85. The lowest BCUT2D eigenvalue weighted by Crippen LogP contribution is -2.44. The number of aliphatic hydroxyl groups is 1. The molecular formula is C13H25NO2. The summed E-state index contributed by atoms with van der Waals surface area (Å²) in [7, 11) is 2.20. The summed E-state index contributed by atoms with van der Waals surface area (Å²) in [6.45, 7) is 4.19. The molecule has 0 aromatic carbocycles. The van der Waals surface area contributed by atoms with Crippen molar-refractivity contribution in [3.8, 4) is 0 Å². The molecule has 1 saturated heterocycles. The van der Waals surface area contributed by atoms with E-state index >= 15 is 0 Å². The number of nitrogens with zero attached hydrogens (tertiary/aromatic N) is 1. The van der Waals surface area contributed by atoms with Crippen LogP contribution in [0.3, 0.4) is 0 Å². The highest BCUT2D eigenvalue weighted by Gasteiger charge is 2.33. The van der Waals surface area contributed by atoms with E-state index < -0.39 is 0 Å². The quantitative estimate of drug-likeness (QED) is 0.772. The third-order valence-electron chi connectivity index (χ3n) is 4.29. The van der Waals surface area contributed by atoms with Gasteiger partial charge in [-0.3, -0.25) is 0 Å². The maximum atomic E-state index is 9.61. The lowest BCUT2D eigenvalue weighted by atomic mass is 9.79. The summed E-state index contributed by atoms with van der Waals surface area (Å²) in [6.07, 6.45) is 6.24. The first-order chi connectivity index (χ1) is 7.74. The second-order valence-electron chi connectivity index (χ2n) is 5.76. The molecule has 0 atom stereocenters. The van der Waals surface area contributed by atoms with E-state index in [1.54, 1.807) is 0 Å². The zero-order valence-corrected chi connectivity index (χ0v) is 10.5. The molecule has 0 spiro atoms. The van der Waals surface area contributed by atoms with Gasteiger partial charge in [0.25, 0.3) is 0 Å². The molecule has 1 saturated carbocycles. The Kier molecular flexibility index (Phi) is 4.22. The highest BCUT2D eigenvalue weighted by atomic mass is 16.5. The monoisotopic (exact) mass is 227 g/mol. The maximum Gasteiger partial charge on any atom is 0.0501 e. The molecule has 0 amide bonds. The summed E-state index contributed by atoms with van der Waals surface area (Å²) in [5.41, 5.74) is 0.108. The van der Waals surface area contributed by atoms with E-state index in [1.807, 2.05) is 0 Å². The lowest BCUT2D eigenvalue weighted by molar-refractivity contribution is -0.0336. The van der Waals surface area contributed by atoms with Crippen LogP contribution in [-0.4, -0.2) is 50.0 Å². The van der Waals surface area contributed by atoms with Crippen LogP contribution in [0.25, 0.3) is 0 Å². The standard InChI is InChI=1S/C13H25NO2/c1-14(9-12-3-2-4-12)10-13(11-15)5-7-16-8-6-13/h12,15H,2-11H2,1H3. The molecule has 0 unspecified atom stereocenters. The Bertz CT molecular complexity index is 210. The van der Waals surface area contributed by atoms with Crippen molar-refractivity contribution in [2.45, 2.75) is 32.1 Å². The molecule has 1 aliphatic heterocycles. The largest absolute Gasteiger partial charge is 0.396 e. The van der Waals surface area contributed by atoms with E-state index in [9.17, 15) is 5.11 Å². The molecule has 3 heteroatoms. The van der Waals surface area contributed by atoms with Gasteiger partial charge in [-0.15, -0.1) is 0 Å². The van der Waals surface area contributed by atoms with Gasteiger partial charge in [0.15, 0.2) is 0 Å². The van der Waals surface area contributed by atoms with Crippen molar-refractivity contribution in [2.24, 2.45) is 11.3 Å². The molecule has 0 bridgehead atoms. The molecule has 1 N–H and O–H groups in total. The summed E-state index contributed by atoms with van der Waals surface area (Å²) < 4.78 is 5.39. The number of ether oxygens (including phenoxy) is 1. The zero-order chi connectivity index (χ0) is 11.4. The molecule has 0 aromatic rings. The van der Waals surface area contributed by atoms with Gasteiger partial charge in [0, 0.05) is 31.7 Å². The molecule has 1 heterocycles. The molecule has 16 heavy (non-hydrogen) atoms. The lowest BCUT2D eigenvalue weighted by Gasteiger charge is -2.40. The summed E-state index contributed by atoms with van der Waals surface area (Å²) in [6, 6.07) is 0. The van der Waals surface area contributed by atoms with Crippen molar-refractivity contribution in [1.82, 2.24) is 4.90 Å². The van der Waals surface area contributed by atoms with Crippen molar-refractivity contribution in [3.05, 3.63) is 0 Å². The number of rotatable bonds is 5. The Morgan fingerprint density at radius 3 is 2.50 bits per heavy atom. The van der Waals surface area contributed by atoms with Gasteiger partial charge < -0.3 is 14.7 Å². The molecule has 2 rings (SSSR count). The summed E-state index contributed by atoms with van der Waals surface area (Å²) >= 11 is 0. The first-order valence-electron chi connectivity index (χ1n) is 6.61. The molecule has 1 aliphatic carbocycles. The Morgan fingerprint density at radius 2 is 2.00 bits per heavy atom. The van der Waals surface area contributed by atoms with E-state index in [-0.39, 0.29) is 5.41 Å². The van der Waals surface area contributed by atoms with Gasteiger partial charge in [0.1, 0.15) is 0 Å². The minimum absolute atomic E-state index is 0.108. The second-order valence-corrected chi connectivity index (χ2v) is 5.76. The Labute approximate surface area is 98.8 Å². The van der Waals surface area contributed by atoms with Crippen LogP contribution in [0.5, 0.6) is 0 Å². The van der Waals surface area contributed by atoms with Crippen LogP contribution in [-0.2, 0) is 4.74 Å². The zero-order valence-electron chi connectivity index (χ0n) is 10.5. The Hall–Kier alpha value is -0.120. The molecule has 94 valence electrons. The Balaban J connectivity index is 1.79. The van der Waals surface area contributed by atoms with Crippen molar-refractivity contribution < 1.29 is 9.84 Å². The van der Waals surface area contributed by atoms with E-state index in [4.69, 9.17) is 4.74 Å². The first-order valence-corrected chi connectivity index (χ1v) is 6.61. The first kappa shape index (κ1) is 12.3. The van der Waals surface area contributed by atoms with E-state index in [0.29, 0.717) is 6.61 Å². The van der Waals surface area contributed by atoms with Crippen LogP contribution in [0.1, 0.15) is 32.1 Å². The molecular weight excluding hydrogens is 202 g/mol. The molecule has 0 radical (unpaired) electrons. The summed E-state index contributed by atoms with van der Waals surface area (Å²) in [5, 5.41) is 9.61. The van der Waals surface area contributed by atoms with E-state index in [2.05, 4.69) is 11.9 Å². The van der Waals surface area contributed by atoms with Gasteiger partial charge >= 0.3 is 0 Å². The summed E-state index contributed by atoms with van der Waals surface area (Å²) in [5.74, 6) is 0.917. The second kappa shape index (κ2) is 5.48. The normalized spacial score (nSPS) is 25.7. The Morgan fingerprint density at radius 1 is 1.31 bits per heavy atom. The van der Waals surface area contributed by atoms with Gasteiger partial charge in [-0.1, -0.05) is 6.42 Å². The fourth-order valence-electron chi connectivity index (χ4n) is 2.92. The van der Waals surface area contributed by atoms with Gasteiger partial charge in [0.05, 0.1) is 6.61 Å². The molecule has 2 fully saturated rings. The van der Waals surface area contributed by atoms with Gasteiger partial charge in [-0.05, 0) is 38.6 Å². The maximum absolute atomic E-state index is 9.61. The van der Waals surface area contributed by atoms with Crippen LogP contribution in [0.4, 0.5) is 0 Å². The number of hydrogen-bond acceptors (Lipinski definition) is 3. The number of hydrogen-bond donors (Lipinski definition) is 1. The van der Waals surface area contributed by atoms with Crippen LogP contribution < -0.4 is 0 Å². The minimum Gasteiger partial charge on any atom is -0.396 e. The third-order valence-corrected chi connectivity index (χ3v) is 4.29. The number of aliphatic hydroxyl groups excluding tert-OH is 1. The van der Waals surface area contributed by atoms with Crippen molar-refractivity contribution >= 4 is 0 Å². The van der Waals surface area contributed by atoms with Crippen LogP contribution in [0, 0.1) is 11.3 Å². The average Bonchev–Trinajstić information content (AvgIpc) is 2.25.